The Labute approximate surface area is 77.4 Å². The van der Waals surface area contributed by atoms with Crippen LogP contribution >= 0.6 is 0 Å². The molecule has 1 aromatic rings. The normalized spacial score (nSPS) is 24.9. The lowest BCUT2D eigenvalue weighted by molar-refractivity contribution is 0.0289. The highest BCUT2D eigenvalue weighted by Crippen LogP contribution is 2.43. The van der Waals surface area contributed by atoms with Gasteiger partial charge in [0.25, 0.3) is 0 Å². The third-order valence-corrected chi connectivity index (χ3v) is 2.46. The Morgan fingerprint density at radius 3 is 2.85 bits per heavy atom. The molecule has 0 fully saturated rings. The van der Waals surface area contributed by atoms with Gasteiger partial charge in [0.2, 0.25) is 5.88 Å². The lowest BCUT2D eigenvalue weighted by Crippen LogP contribution is -2.36. The maximum Gasteiger partial charge on any atom is 0.219 e. The number of aryl methyl sites for hydroxylation is 1. The van der Waals surface area contributed by atoms with Gasteiger partial charge >= 0.3 is 0 Å². The van der Waals surface area contributed by atoms with Gasteiger partial charge in [-0.05, 0) is 25.5 Å². The van der Waals surface area contributed by atoms with Gasteiger partial charge in [0.05, 0.1) is 12.7 Å². The molecule has 1 heterocycles. The molecule has 2 rings (SSSR count). The molecule has 3 nitrogen and oxygen atoms in total. The first-order chi connectivity index (χ1) is 6.04. The van der Waals surface area contributed by atoms with Crippen LogP contribution in [0.2, 0.25) is 0 Å². The molecule has 1 aliphatic rings. The van der Waals surface area contributed by atoms with E-state index >= 15 is 0 Å². The third kappa shape index (κ3) is 1.11. The fourth-order valence-corrected chi connectivity index (χ4v) is 1.93. The van der Waals surface area contributed by atoms with Crippen molar-refractivity contribution < 1.29 is 9.84 Å². The van der Waals surface area contributed by atoms with Gasteiger partial charge in [-0.2, -0.15) is 0 Å². The lowest BCUT2D eigenvalue weighted by Gasteiger charge is -2.36. The summed E-state index contributed by atoms with van der Waals surface area (Å²) in [5, 5.41) is 9.85. The van der Waals surface area contributed by atoms with Crippen LogP contribution in [0, 0.1) is 6.92 Å². The van der Waals surface area contributed by atoms with E-state index in [-0.39, 0.29) is 0 Å². The van der Waals surface area contributed by atoms with E-state index in [1.54, 1.807) is 14.0 Å². The van der Waals surface area contributed by atoms with Gasteiger partial charge < -0.3 is 9.84 Å². The lowest BCUT2D eigenvalue weighted by atomic mass is 9.75. The molecule has 13 heavy (non-hydrogen) atoms. The second-order valence-corrected chi connectivity index (χ2v) is 3.76. The molecule has 0 spiro atoms. The van der Waals surface area contributed by atoms with Gasteiger partial charge in [0, 0.05) is 17.7 Å². The van der Waals surface area contributed by atoms with Crippen molar-refractivity contribution in [1.82, 2.24) is 4.98 Å². The largest absolute Gasteiger partial charge is 0.481 e. The Balaban J connectivity index is 2.58. The number of nitrogens with zero attached hydrogens (tertiary/aromatic N) is 1. The summed E-state index contributed by atoms with van der Waals surface area (Å²) in [6.45, 7) is 3.71. The van der Waals surface area contributed by atoms with Crippen molar-refractivity contribution >= 4 is 0 Å². The van der Waals surface area contributed by atoms with Gasteiger partial charge in [-0.25, -0.2) is 4.98 Å². The van der Waals surface area contributed by atoms with E-state index < -0.39 is 5.60 Å². The summed E-state index contributed by atoms with van der Waals surface area (Å²) in [5.74, 6) is 0.561. The van der Waals surface area contributed by atoms with Gasteiger partial charge in [0.1, 0.15) is 0 Å². The molecule has 0 saturated carbocycles. The Kier molecular flexibility index (Phi) is 1.60. The maximum absolute atomic E-state index is 9.85. The summed E-state index contributed by atoms with van der Waals surface area (Å²) in [7, 11) is 1.58. The van der Waals surface area contributed by atoms with Crippen LogP contribution in [0.5, 0.6) is 5.88 Å². The van der Waals surface area contributed by atoms with Crippen LogP contribution in [-0.4, -0.2) is 17.2 Å². The van der Waals surface area contributed by atoms with Crippen LogP contribution in [0.15, 0.2) is 6.07 Å². The van der Waals surface area contributed by atoms with Crippen molar-refractivity contribution in [3.63, 3.8) is 0 Å². The smallest absolute Gasteiger partial charge is 0.219 e. The molecule has 1 aromatic heterocycles. The summed E-state index contributed by atoms with van der Waals surface area (Å²) in [5.41, 5.74) is 2.18. The molecule has 1 unspecified atom stereocenters. The van der Waals surface area contributed by atoms with Crippen LogP contribution in [0.25, 0.3) is 0 Å². The standard InChI is InChI=1S/C10H13NO2/c1-6-4-7-5-10(2,12)8(7)9(11-6)13-3/h4,12H,5H2,1-3H3. The van der Waals surface area contributed by atoms with Crippen molar-refractivity contribution in [2.24, 2.45) is 0 Å². The van der Waals surface area contributed by atoms with Crippen LogP contribution in [-0.2, 0) is 12.0 Å². The Bertz CT molecular complexity index is 358. The number of hydrogen-bond acceptors (Lipinski definition) is 3. The van der Waals surface area contributed by atoms with Crippen molar-refractivity contribution in [2.45, 2.75) is 25.9 Å². The fourth-order valence-electron chi connectivity index (χ4n) is 1.93. The minimum absolute atomic E-state index is 0.561. The number of aromatic nitrogens is 1. The molecule has 1 N–H and O–H groups in total. The second-order valence-electron chi connectivity index (χ2n) is 3.76. The first-order valence-electron chi connectivity index (χ1n) is 4.32. The van der Waals surface area contributed by atoms with Crippen molar-refractivity contribution in [2.75, 3.05) is 7.11 Å². The van der Waals surface area contributed by atoms with E-state index in [2.05, 4.69) is 4.98 Å². The van der Waals surface area contributed by atoms with E-state index in [0.29, 0.717) is 12.3 Å². The first-order valence-corrected chi connectivity index (χ1v) is 4.32. The molecule has 0 aliphatic heterocycles. The van der Waals surface area contributed by atoms with Gasteiger partial charge in [0.15, 0.2) is 0 Å². The van der Waals surface area contributed by atoms with Crippen molar-refractivity contribution in [1.29, 1.82) is 0 Å². The van der Waals surface area contributed by atoms with Gasteiger partial charge in [-0.1, -0.05) is 0 Å². The molecule has 1 atom stereocenters. The Morgan fingerprint density at radius 1 is 1.62 bits per heavy atom. The second kappa shape index (κ2) is 2.45. The predicted molar refractivity (Wildman–Crippen MR) is 48.8 cm³/mol. The summed E-state index contributed by atoms with van der Waals surface area (Å²) in [6.07, 6.45) is 0.696. The zero-order chi connectivity index (χ0) is 9.64. The van der Waals surface area contributed by atoms with Crippen molar-refractivity contribution in [3.8, 4) is 5.88 Å². The SMILES string of the molecule is COc1nc(C)cc2c1C(C)(O)C2. The van der Waals surface area contributed by atoms with Gasteiger partial charge in [-0.15, -0.1) is 0 Å². The van der Waals surface area contributed by atoms with Crippen LogP contribution in [0.4, 0.5) is 0 Å². The monoisotopic (exact) mass is 179 g/mol. The molecule has 0 bridgehead atoms. The average Bonchev–Trinajstić information content (AvgIpc) is 2.01. The zero-order valence-corrected chi connectivity index (χ0v) is 8.09. The topological polar surface area (TPSA) is 42.4 Å². The molecule has 0 amide bonds. The number of hydrogen-bond donors (Lipinski definition) is 1. The van der Waals surface area contributed by atoms with E-state index in [4.69, 9.17) is 4.74 Å². The van der Waals surface area contributed by atoms with E-state index in [1.807, 2.05) is 13.0 Å². The van der Waals surface area contributed by atoms with Crippen LogP contribution < -0.4 is 4.74 Å². The highest BCUT2D eigenvalue weighted by molar-refractivity contribution is 5.49. The molecule has 0 aromatic carbocycles. The Morgan fingerprint density at radius 2 is 2.31 bits per heavy atom. The molecule has 0 radical (unpaired) electrons. The van der Waals surface area contributed by atoms with Crippen LogP contribution in [0.3, 0.4) is 0 Å². The summed E-state index contributed by atoms with van der Waals surface area (Å²) >= 11 is 0. The van der Waals surface area contributed by atoms with Gasteiger partial charge in [-0.3, -0.25) is 0 Å². The first kappa shape index (κ1) is 8.51. The van der Waals surface area contributed by atoms with Crippen LogP contribution in [0.1, 0.15) is 23.7 Å². The third-order valence-electron chi connectivity index (χ3n) is 2.46. The minimum atomic E-state index is -0.749. The highest BCUT2D eigenvalue weighted by atomic mass is 16.5. The van der Waals surface area contributed by atoms with Crippen molar-refractivity contribution in [3.05, 3.63) is 22.9 Å². The molecule has 70 valence electrons. The maximum atomic E-state index is 9.85. The average molecular weight is 179 g/mol. The quantitative estimate of drug-likeness (QED) is 0.703. The molecule has 1 aliphatic carbocycles. The van der Waals surface area contributed by atoms with E-state index in [0.717, 1.165) is 16.8 Å². The number of aliphatic hydroxyl groups is 1. The summed E-state index contributed by atoms with van der Waals surface area (Å²) in [4.78, 5) is 4.22. The summed E-state index contributed by atoms with van der Waals surface area (Å²) in [6, 6.07) is 2.00. The minimum Gasteiger partial charge on any atom is -0.481 e. The predicted octanol–water partition coefficient (Wildman–Crippen LogP) is 1.16. The number of pyridine rings is 1. The number of fused-ring (bicyclic) bond motifs is 1. The summed E-state index contributed by atoms with van der Waals surface area (Å²) < 4.78 is 5.12. The zero-order valence-electron chi connectivity index (χ0n) is 8.09. The molecular weight excluding hydrogens is 166 g/mol. The number of methoxy groups -OCH3 is 1. The van der Waals surface area contributed by atoms with E-state index in [9.17, 15) is 5.11 Å². The molecular formula is C10H13NO2. The van der Waals surface area contributed by atoms with E-state index in [1.165, 1.54) is 0 Å². The Hall–Kier alpha value is -1.09. The molecule has 0 saturated heterocycles. The number of rotatable bonds is 1. The molecule has 3 heteroatoms. The highest BCUT2D eigenvalue weighted by Gasteiger charge is 2.40. The number of ether oxygens (including phenoxy) is 1. The fraction of sp³-hybridized carbons (Fsp3) is 0.500.